The van der Waals surface area contributed by atoms with Crippen LogP contribution in [0.3, 0.4) is 0 Å². The second kappa shape index (κ2) is 12.3. The number of furan rings is 1. The van der Waals surface area contributed by atoms with Crippen LogP contribution in [0.2, 0.25) is 5.02 Å². The lowest BCUT2D eigenvalue weighted by Crippen LogP contribution is -2.36. The van der Waals surface area contributed by atoms with Crippen molar-refractivity contribution in [3.63, 3.8) is 0 Å². The van der Waals surface area contributed by atoms with Gasteiger partial charge < -0.3 is 14.5 Å². The molecule has 0 spiro atoms. The highest BCUT2D eigenvalue weighted by molar-refractivity contribution is 6.31. The minimum Gasteiger partial charge on any atom is -0.489 e. The minimum atomic E-state index is -0.0200. The largest absolute Gasteiger partial charge is 0.489 e. The van der Waals surface area contributed by atoms with Crippen molar-refractivity contribution in [1.29, 1.82) is 0 Å². The zero-order valence-corrected chi connectivity index (χ0v) is 18.4. The fraction of sp³-hybridized carbons (Fsp3) is 0.261. The Kier molecular flexibility index (Phi) is 9.74. The monoisotopic (exact) mass is 448 g/mol. The standard InChI is InChI=1S/C23H25ClN2O3.ClH/c1-25-23(27)16-26(15-21-9-5-13-28-21)12-11-18-6-4-8-20(14-18)29-17-19-7-2-3-10-22(19)24;/h2-10,13-14H,11-12,15-17H2,1H3,(H,25,27);1H. The number of benzene rings is 2. The Morgan fingerprint density at radius 3 is 2.70 bits per heavy atom. The highest BCUT2D eigenvalue weighted by Crippen LogP contribution is 2.20. The van der Waals surface area contributed by atoms with Gasteiger partial charge in [-0.2, -0.15) is 0 Å². The van der Waals surface area contributed by atoms with Gasteiger partial charge in [0.15, 0.2) is 0 Å². The van der Waals surface area contributed by atoms with E-state index < -0.39 is 0 Å². The normalized spacial score (nSPS) is 10.5. The molecule has 0 radical (unpaired) electrons. The van der Waals surface area contributed by atoms with Crippen molar-refractivity contribution in [2.45, 2.75) is 19.6 Å². The number of likely N-dealkylation sites (N-methyl/N-ethyl adjacent to an activating group) is 1. The number of ether oxygens (including phenoxy) is 1. The Hall–Kier alpha value is -2.47. The van der Waals surface area contributed by atoms with Crippen molar-refractivity contribution in [2.75, 3.05) is 20.1 Å². The molecule has 0 atom stereocenters. The summed E-state index contributed by atoms with van der Waals surface area (Å²) in [4.78, 5) is 13.9. The maximum Gasteiger partial charge on any atom is 0.233 e. The van der Waals surface area contributed by atoms with Gasteiger partial charge in [0.05, 0.1) is 19.4 Å². The summed E-state index contributed by atoms with van der Waals surface area (Å²) in [5, 5.41) is 3.38. The highest BCUT2D eigenvalue weighted by Gasteiger charge is 2.12. The number of rotatable bonds is 10. The quantitative estimate of drug-likeness (QED) is 0.487. The number of nitrogens with zero attached hydrogens (tertiary/aromatic N) is 1. The topological polar surface area (TPSA) is 54.7 Å². The molecule has 0 aliphatic rings. The first-order chi connectivity index (χ1) is 14.1. The second-order valence-electron chi connectivity index (χ2n) is 6.74. The third-order valence-electron chi connectivity index (χ3n) is 4.57. The van der Waals surface area contributed by atoms with Gasteiger partial charge in [-0.1, -0.05) is 41.9 Å². The molecule has 160 valence electrons. The van der Waals surface area contributed by atoms with Crippen molar-refractivity contribution in [3.8, 4) is 5.75 Å². The van der Waals surface area contributed by atoms with E-state index in [0.717, 1.165) is 35.6 Å². The molecule has 2 aromatic carbocycles. The summed E-state index contributed by atoms with van der Waals surface area (Å²) in [5.41, 5.74) is 2.10. The summed E-state index contributed by atoms with van der Waals surface area (Å²) < 4.78 is 11.3. The molecule has 3 aromatic rings. The molecule has 0 aliphatic heterocycles. The van der Waals surface area contributed by atoms with Crippen molar-refractivity contribution in [3.05, 3.63) is 88.8 Å². The zero-order valence-electron chi connectivity index (χ0n) is 16.8. The first kappa shape index (κ1) is 23.8. The molecular formula is C23H26Cl2N2O3. The summed E-state index contributed by atoms with van der Waals surface area (Å²) in [6.07, 6.45) is 2.44. The maximum absolute atomic E-state index is 11.8. The van der Waals surface area contributed by atoms with Crippen molar-refractivity contribution in [2.24, 2.45) is 0 Å². The van der Waals surface area contributed by atoms with E-state index in [-0.39, 0.29) is 18.3 Å². The van der Waals surface area contributed by atoms with E-state index >= 15 is 0 Å². The molecular weight excluding hydrogens is 423 g/mol. The van der Waals surface area contributed by atoms with Crippen LogP contribution in [0.5, 0.6) is 5.75 Å². The Morgan fingerprint density at radius 1 is 1.13 bits per heavy atom. The van der Waals surface area contributed by atoms with Crippen LogP contribution >= 0.6 is 24.0 Å². The molecule has 0 bridgehead atoms. The van der Waals surface area contributed by atoms with Gasteiger partial charge in [0.25, 0.3) is 0 Å². The Morgan fingerprint density at radius 2 is 1.97 bits per heavy atom. The number of nitrogens with one attached hydrogen (secondary N) is 1. The average molecular weight is 449 g/mol. The van der Waals surface area contributed by atoms with E-state index in [0.29, 0.717) is 24.7 Å². The van der Waals surface area contributed by atoms with E-state index in [1.54, 1.807) is 13.3 Å². The Bertz CT molecular complexity index is 916. The number of amides is 1. The van der Waals surface area contributed by atoms with Crippen LogP contribution in [0.25, 0.3) is 0 Å². The minimum absolute atomic E-state index is 0. The van der Waals surface area contributed by atoms with Gasteiger partial charge in [0.2, 0.25) is 5.91 Å². The molecule has 0 unspecified atom stereocenters. The van der Waals surface area contributed by atoms with E-state index in [9.17, 15) is 4.79 Å². The summed E-state index contributed by atoms with van der Waals surface area (Å²) in [6.45, 7) is 2.05. The van der Waals surface area contributed by atoms with Crippen molar-refractivity contribution < 1.29 is 13.9 Å². The first-order valence-electron chi connectivity index (χ1n) is 9.54. The number of hydrogen-bond donors (Lipinski definition) is 1. The molecule has 1 N–H and O–H groups in total. The van der Waals surface area contributed by atoms with Crippen LogP contribution in [-0.4, -0.2) is 30.9 Å². The van der Waals surface area contributed by atoms with Gasteiger partial charge in [0, 0.05) is 24.2 Å². The van der Waals surface area contributed by atoms with Crippen LogP contribution in [-0.2, 0) is 24.4 Å². The molecule has 0 fully saturated rings. The molecule has 3 rings (SSSR count). The molecule has 1 amide bonds. The van der Waals surface area contributed by atoms with Crippen LogP contribution in [0.1, 0.15) is 16.9 Å². The van der Waals surface area contributed by atoms with Crippen LogP contribution in [0.4, 0.5) is 0 Å². The van der Waals surface area contributed by atoms with Gasteiger partial charge in [0.1, 0.15) is 18.1 Å². The Balaban J connectivity index is 0.00000320. The molecule has 1 aromatic heterocycles. The van der Waals surface area contributed by atoms with Crippen molar-refractivity contribution >= 4 is 29.9 Å². The fourth-order valence-corrected chi connectivity index (χ4v) is 3.16. The molecule has 0 saturated heterocycles. The molecule has 0 aliphatic carbocycles. The molecule has 5 nitrogen and oxygen atoms in total. The highest BCUT2D eigenvalue weighted by atomic mass is 35.5. The summed E-state index contributed by atoms with van der Waals surface area (Å²) in [5.74, 6) is 1.62. The average Bonchev–Trinajstić information content (AvgIpc) is 3.25. The predicted octanol–water partition coefficient (Wildman–Crippen LogP) is 4.72. The molecule has 1 heterocycles. The number of carbonyl (C=O) groups is 1. The predicted molar refractivity (Wildman–Crippen MR) is 121 cm³/mol. The van der Waals surface area contributed by atoms with E-state index in [2.05, 4.69) is 16.3 Å². The number of hydrogen-bond acceptors (Lipinski definition) is 4. The molecule has 30 heavy (non-hydrogen) atoms. The lowest BCUT2D eigenvalue weighted by Gasteiger charge is -2.20. The molecule has 7 heteroatoms. The fourth-order valence-electron chi connectivity index (χ4n) is 2.97. The summed E-state index contributed by atoms with van der Waals surface area (Å²) in [6, 6.07) is 19.4. The Labute approximate surface area is 188 Å². The van der Waals surface area contributed by atoms with Crippen LogP contribution < -0.4 is 10.1 Å². The van der Waals surface area contributed by atoms with E-state index in [1.807, 2.05) is 54.6 Å². The van der Waals surface area contributed by atoms with Gasteiger partial charge >= 0.3 is 0 Å². The van der Waals surface area contributed by atoms with Gasteiger partial charge in [-0.15, -0.1) is 12.4 Å². The van der Waals surface area contributed by atoms with Gasteiger partial charge in [-0.25, -0.2) is 0 Å². The van der Waals surface area contributed by atoms with Crippen LogP contribution in [0.15, 0.2) is 71.3 Å². The van der Waals surface area contributed by atoms with Crippen molar-refractivity contribution in [1.82, 2.24) is 10.2 Å². The lowest BCUT2D eigenvalue weighted by molar-refractivity contribution is -0.121. The van der Waals surface area contributed by atoms with E-state index in [4.69, 9.17) is 20.8 Å². The smallest absolute Gasteiger partial charge is 0.233 e. The van der Waals surface area contributed by atoms with Gasteiger partial charge in [-0.3, -0.25) is 9.69 Å². The number of carbonyl (C=O) groups excluding carboxylic acids is 1. The third-order valence-corrected chi connectivity index (χ3v) is 4.94. The lowest BCUT2D eigenvalue weighted by atomic mass is 10.1. The zero-order chi connectivity index (χ0) is 20.5. The SMILES string of the molecule is CNC(=O)CN(CCc1cccc(OCc2ccccc2Cl)c1)Cc1ccco1.Cl. The molecule has 0 saturated carbocycles. The summed E-state index contributed by atoms with van der Waals surface area (Å²) in [7, 11) is 1.65. The number of halogens is 2. The maximum atomic E-state index is 11.8. The first-order valence-corrected chi connectivity index (χ1v) is 9.92. The van der Waals surface area contributed by atoms with Crippen LogP contribution in [0, 0.1) is 0 Å². The second-order valence-corrected chi connectivity index (χ2v) is 7.15. The third kappa shape index (κ3) is 7.41. The van der Waals surface area contributed by atoms with Gasteiger partial charge in [-0.05, 0) is 42.3 Å². The van der Waals surface area contributed by atoms with E-state index in [1.165, 1.54) is 0 Å². The summed E-state index contributed by atoms with van der Waals surface area (Å²) >= 11 is 6.19.